The molecule has 4 heteroatoms. The standard InChI is InChI=1S/C12H14O4/c1-8(14)11(15)6-5-9-3-2-4-12(16)10(9)7-13/h2-8,11,14-16H,1H3/b6-5+/t8-,11+/m0/s1. The Kier molecular flexibility index (Phi) is 4.22. The summed E-state index contributed by atoms with van der Waals surface area (Å²) < 4.78 is 0. The molecule has 1 aromatic rings. The summed E-state index contributed by atoms with van der Waals surface area (Å²) >= 11 is 0. The lowest BCUT2D eigenvalue weighted by Gasteiger charge is -2.08. The Bertz CT molecular complexity index is 396. The lowest BCUT2D eigenvalue weighted by molar-refractivity contribution is 0.0624. The molecule has 0 fully saturated rings. The van der Waals surface area contributed by atoms with Crippen LogP contribution in [0.4, 0.5) is 0 Å². The number of aldehydes is 1. The monoisotopic (exact) mass is 222 g/mol. The van der Waals surface area contributed by atoms with Crippen LogP contribution in [0.5, 0.6) is 5.75 Å². The van der Waals surface area contributed by atoms with E-state index in [1.807, 2.05) is 0 Å². The average Bonchev–Trinajstić information content (AvgIpc) is 2.25. The van der Waals surface area contributed by atoms with Crippen molar-refractivity contribution >= 4 is 12.4 Å². The molecule has 0 aliphatic heterocycles. The smallest absolute Gasteiger partial charge is 0.154 e. The highest BCUT2D eigenvalue weighted by Gasteiger charge is 2.07. The molecular weight excluding hydrogens is 208 g/mol. The molecular formula is C12H14O4. The third-order valence-corrected chi connectivity index (χ3v) is 2.20. The molecule has 0 radical (unpaired) electrons. The molecule has 3 N–H and O–H groups in total. The van der Waals surface area contributed by atoms with Gasteiger partial charge < -0.3 is 15.3 Å². The number of carbonyl (C=O) groups excluding carboxylic acids is 1. The number of hydrogen-bond acceptors (Lipinski definition) is 4. The fraction of sp³-hybridized carbons (Fsp3) is 0.250. The van der Waals surface area contributed by atoms with Gasteiger partial charge in [-0.1, -0.05) is 24.3 Å². The zero-order valence-corrected chi connectivity index (χ0v) is 8.87. The molecule has 1 rings (SSSR count). The largest absolute Gasteiger partial charge is 0.507 e. The van der Waals surface area contributed by atoms with Crippen LogP contribution in [-0.2, 0) is 0 Å². The van der Waals surface area contributed by atoms with E-state index in [-0.39, 0.29) is 11.3 Å². The summed E-state index contributed by atoms with van der Waals surface area (Å²) in [4.78, 5) is 10.7. The van der Waals surface area contributed by atoms with E-state index >= 15 is 0 Å². The first-order valence-corrected chi connectivity index (χ1v) is 4.87. The van der Waals surface area contributed by atoms with Crippen LogP contribution in [0.25, 0.3) is 6.08 Å². The summed E-state index contributed by atoms with van der Waals surface area (Å²) in [6.07, 6.45) is 1.52. The van der Waals surface area contributed by atoms with Gasteiger partial charge in [-0.15, -0.1) is 0 Å². The lowest BCUT2D eigenvalue weighted by atomic mass is 10.1. The van der Waals surface area contributed by atoms with E-state index in [0.717, 1.165) is 0 Å². The molecule has 1 aromatic carbocycles. The molecule has 0 aliphatic rings. The van der Waals surface area contributed by atoms with Gasteiger partial charge in [0.25, 0.3) is 0 Å². The maximum atomic E-state index is 10.7. The van der Waals surface area contributed by atoms with Crippen molar-refractivity contribution in [1.29, 1.82) is 0 Å². The number of phenols is 1. The number of hydrogen-bond donors (Lipinski definition) is 3. The molecule has 0 saturated carbocycles. The number of phenolic OH excluding ortho intramolecular Hbond substituents is 1. The number of aliphatic hydroxyl groups is 2. The molecule has 0 aliphatic carbocycles. The highest BCUT2D eigenvalue weighted by molar-refractivity contribution is 5.85. The molecule has 0 heterocycles. The van der Waals surface area contributed by atoms with Crippen molar-refractivity contribution in [3.8, 4) is 5.75 Å². The molecule has 4 nitrogen and oxygen atoms in total. The normalized spacial score (nSPS) is 14.9. The minimum Gasteiger partial charge on any atom is -0.507 e. The third-order valence-electron chi connectivity index (χ3n) is 2.20. The molecule has 0 bridgehead atoms. The Morgan fingerprint density at radius 3 is 2.56 bits per heavy atom. The van der Waals surface area contributed by atoms with Crippen LogP contribution in [0.2, 0.25) is 0 Å². The summed E-state index contributed by atoms with van der Waals surface area (Å²) in [6, 6.07) is 4.64. The molecule has 0 saturated heterocycles. The minimum absolute atomic E-state index is 0.108. The number of rotatable bonds is 4. The van der Waals surface area contributed by atoms with Gasteiger partial charge in [-0.25, -0.2) is 0 Å². The van der Waals surface area contributed by atoms with Crippen molar-refractivity contribution in [3.05, 3.63) is 35.4 Å². The topological polar surface area (TPSA) is 77.8 Å². The number of carbonyl (C=O) groups is 1. The van der Waals surface area contributed by atoms with Crippen LogP contribution in [0.3, 0.4) is 0 Å². The van der Waals surface area contributed by atoms with Crippen molar-refractivity contribution < 1.29 is 20.1 Å². The number of benzene rings is 1. The van der Waals surface area contributed by atoms with Gasteiger partial charge >= 0.3 is 0 Å². The maximum absolute atomic E-state index is 10.7. The fourth-order valence-electron chi connectivity index (χ4n) is 1.21. The molecule has 16 heavy (non-hydrogen) atoms. The summed E-state index contributed by atoms with van der Waals surface area (Å²) in [5.41, 5.74) is 0.659. The second-order valence-electron chi connectivity index (χ2n) is 3.49. The van der Waals surface area contributed by atoms with Crippen LogP contribution in [-0.4, -0.2) is 33.8 Å². The zero-order chi connectivity index (χ0) is 12.1. The van der Waals surface area contributed by atoms with E-state index in [9.17, 15) is 15.0 Å². The second-order valence-corrected chi connectivity index (χ2v) is 3.49. The van der Waals surface area contributed by atoms with Gasteiger partial charge in [-0.3, -0.25) is 4.79 Å². The Balaban J connectivity index is 2.97. The Morgan fingerprint density at radius 2 is 2.00 bits per heavy atom. The number of aliphatic hydroxyl groups excluding tert-OH is 2. The van der Waals surface area contributed by atoms with E-state index in [4.69, 9.17) is 5.11 Å². The summed E-state index contributed by atoms with van der Waals surface area (Å²) in [5, 5.41) is 27.8. The fourth-order valence-corrected chi connectivity index (χ4v) is 1.21. The van der Waals surface area contributed by atoms with Gasteiger partial charge in [0.05, 0.1) is 17.8 Å². The van der Waals surface area contributed by atoms with Crippen molar-refractivity contribution in [2.75, 3.05) is 0 Å². The minimum atomic E-state index is -0.998. The second kappa shape index (κ2) is 5.44. The summed E-state index contributed by atoms with van der Waals surface area (Å²) in [6.45, 7) is 1.46. The van der Waals surface area contributed by atoms with Gasteiger partial charge in [-0.2, -0.15) is 0 Å². The maximum Gasteiger partial charge on any atom is 0.154 e. The Hall–Kier alpha value is -1.65. The Morgan fingerprint density at radius 1 is 1.31 bits per heavy atom. The van der Waals surface area contributed by atoms with Gasteiger partial charge in [0.2, 0.25) is 0 Å². The Labute approximate surface area is 93.5 Å². The molecule has 86 valence electrons. The van der Waals surface area contributed by atoms with E-state index in [2.05, 4.69) is 0 Å². The SMILES string of the molecule is C[C@H](O)[C@H](O)/C=C/c1cccc(O)c1C=O. The van der Waals surface area contributed by atoms with Crippen LogP contribution >= 0.6 is 0 Å². The van der Waals surface area contributed by atoms with Crippen molar-refractivity contribution in [1.82, 2.24) is 0 Å². The summed E-state index contributed by atoms with van der Waals surface area (Å²) in [7, 11) is 0. The van der Waals surface area contributed by atoms with Gasteiger partial charge in [0.15, 0.2) is 6.29 Å². The first-order chi connectivity index (χ1) is 7.56. The van der Waals surface area contributed by atoms with Crippen LogP contribution < -0.4 is 0 Å². The van der Waals surface area contributed by atoms with Gasteiger partial charge in [-0.05, 0) is 18.6 Å². The molecule has 0 unspecified atom stereocenters. The summed E-state index contributed by atoms with van der Waals surface area (Å²) in [5.74, 6) is -0.108. The van der Waals surface area contributed by atoms with Crippen molar-refractivity contribution in [3.63, 3.8) is 0 Å². The van der Waals surface area contributed by atoms with Crippen LogP contribution in [0.15, 0.2) is 24.3 Å². The molecule has 0 amide bonds. The highest BCUT2D eigenvalue weighted by Crippen LogP contribution is 2.20. The first kappa shape index (κ1) is 12.4. The highest BCUT2D eigenvalue weighted by atomic mass is 16.3. The third kappa shape index (κ3) is 2.92. The molecule has 0 spiro atoms. The zero-order valence-electron chi connectivity index (χ0n) is 8.87. The van der Waals surface area contributed by atoms with E-state index < -0.39 is 12.2 Å². The molecule has 2 atom stereocenters. The van der Waals surface area contributed by atoms with E-state index in [1.165, 1.54) is 25.1 Å². The quantitative estimate of drug-likeness (QED) is 0.663. The van der Waals surface area contributed by atoms with E-state index in [0.29, 0.717) is 11.8 Å². The van der Waals surface area contributed by atoms with Crippen LogP contribution in [0.1, 0.15) is 22.8 Å². The number of aromatic hydroxyl groups is 1. The average molecular weight is 222 g/mol. The van der Waals surface area contributed by atoms with Gasteiger partial charge in [0, 0.05) is 0 Å². The first-order valence-electron chi connectivity index (χ1n) is 4.87. The molecule has 0 aromatic heterocycles. The van der Waals surface area contributed by atoms with Gasteiger partial charge in [0.1, 0.15) is 5.75 Å². The van der Waals surface area contributed by atoms with Crippen LogP contribution in [0, 0.1) is 0 Å². The predicted molar refractivity (Wildman–Crippen MR) is 60.2 cm³/mol. The van der Waals surface area contributed by atoms with E-state index in [1.54, 1.807) is 12.1 Å². The van der Waals surface area contributed by atoms with Crippen molar-refractivity contribution in [2.45, 2.75) is 19.1 Å². The van der Waals surface area contributed by atoms with Crippen molar-refractivity contribution in [2.24, 2.45) is 0 Å². The lowest BCUT2D eigenvalue weighted by Crippen LogP contribution is -2.19. The predicted octanol–water partition coefficient (Wildman–Crippen LogP) is 0.960.